The summed E-state index contributed by atoms with van der Waals surface area (Å²) in [5.41, 5.74) is 7.82. The molecule has 0 amide bonds. The van der Waals surface area contributed by atoms with Crippen molar-refractivity contribution in [3.8, 4) is 56.3 Å². The van der Waals surface area contributed by atoms with Gasteiger partial charge in [-0.25, -0.2) is 0 Å². The van der Waals surface area contributed by atoms with E-state index >= 15 is 0 Å². The minimum absolute atomic E-state index is 0.0178. The van der Waals surface area contributed by atoms with Crippen LogP contribution in [0.2, 0.25) is 0 Å². The lowest BCUT2D eigenvalue weighted by atomic mass is 9.56. The van der Waals surface area contributed by atoms with Gasteiger partial charge in [0.2, 0.25) is 0 Å². The summed E-state index contributed by atoms with van der Waals surface area (Å²) in [6.07, 6.45) is 5.41. The van der Waals surface area contributed by atoms with E-state index < -0.39 is 32.0 Å². The van der Waals surface area contributed by atoms with E-state index in [0.29, 0.717) is 44.5 Å². The fraction of sp³-hybridized carbons (Fsp3) is 0.238. The Morgan fingerprint density at radius 1 is 0.582 bits per heavy atom. The fourth-order valence-corrected chi connectivity index (χ4v) is 10.1. The third-order valence-electron chi connectivity index (χ3n) is 14.9. The Kier molecular flexibility index (Phi) is 7.83. The summed E-state index contributed by atoms with van der Waals surface area (Å²) in [4.78, 5) is 9.53. The summed E-state index contributed by atoms with van der Waals surface area (Å²) in [5.74, 6) is -0.486. The van der Waals surface area contributed by atoms with Crippen molar-refractivity contribution in [1.82, 2.24) is 9.97 Å². The molecule has 3 heterocycles. The fourth-order valence-electron chi connectivity index (χ4n) is 10.1. The summed E-state index contributed by atoms with van der Waals surface area (Å²) < 4.78 is 99.9. The van der Waals surface area contributed by atoms with Gasteiger partial charge in [-0.3, -0.25) is 9.97 Å². The second-order valence-electron chi connectivity index (χ2n) is 19.7. The molecule has 332 valence electrons. The van der Waals surface area contributed by atoms with E-state index in [1.54, 1.807) is 30.3 Å². The van der Waals surface area contributed by atoms with Crippen LogP contribution in [-0.2, 0) is 0 Å². The van der Waals surface area contributed by atoms with Crippen molar-refractivity contribution in [2.45, 2.75) is 87.3 Å². The Morgan fingerprint density at radius 3 is 2.18 bits per heavy atom. The molecule has 0 bridgehead atoms. The molecule has 1 atom stereocenters. The molecule has 4 heteroatoms. The molecule has 10 aromatic rings. The lowest BCUT2D eigenvalue weighted by Gasteiger charge is -2.49. The quantitative estimate of drug-likeness (QED) is 0.150. The summed E-state index contributed by atoms with van der Waals surface area (Å²) in [7, 11) is 0. The lowest BCUT2D eigenvalue weighted by Crippen LogP contribution is -2.38. The monoisotopic (exact) mass is 885 g/mol. The summed E-state index contributed by atoms with van der Waals surface area (Å²) >= 11 is 0. The first-order chi connectivity index (χ1) is 36.2. The number of fused-ring (bicyclic) bond motifs is 6. The van der Waals surface area contributed by atoms with E-state index in [9.17, 15) is 1.37 Å². The van der Waals surface area contributed by atoms with E-state index in [1.807, 2.05) is 43.5 Å². The largest absolute Gasteiger partial charge is 0.457 e. The van der Waals surface area contributed by atoms with Crippen molar-refractivity contribution in [2.24, 2.45) is 10.8 Å². The molecule has 0 N–H and O–H groups in total. The molecular formula is C63H58N2O2. The van der Waals surface area contributed by atoms with Crippen LogP contribution in [0.25, 0.3) is 88.3 Å². The number of pyridine rings is 2. The van der Waals surface area contributed by atoms with Gasteiger partial charge in [0.15, 0.2) is 0 Å². The molecule has 1 unspecified atom stereocenters. The number of aryl methyl sites for hydroxylation is 4. The van der Waals surface area contributed by atoms with Crippen molar-refractivity contribution >= 4 is 43.5 Å². The average molecular weight is 885 g/mol. The highest BCUT2D eigenvalue weighted by molar-refractivity contribution is 6.17. The van der Waals surface area contributed by atoms with Gasteiger partial charge in [-0.05, 0) is 196 Å². The smallest absolute Gasteiger partial charge is 0.145 e. The summed E-state index contributed by atoms with van der Waals surface area (Å²) in [6, 6.07) is 42.0. The molecule has 1 saturated carbocycles. The van der Waals surface area contributed by atoms with Crippen molar-refractivity contribution < 1.29 is 22.9 Å². The standard InChI is InChI=1S/C63H58N2O2/c1-37-26-57(64-35-39(37)3)47-28-52(42-15-11-10-12-16-42)41(5)59(29-47)66-48-30-55-54-27-45-20-19-43-17-13-14-18-50(43)53(45)33-60(54)67-61(55)56(31-48)58-32-51(40(4)36-65-58)49-22-21-44(25-38(49)2)46-23-24-62(6,7)63(8,9)34-46/h10-22,25-33,35-36,46H,23-24,34H2,1-9H3/i1D3,3D3,5D3,46D. The molecular weight excluding hydrogens is 817 g/mol. The molecule has 11 rings (SSSR count). The minimum Gasteiger partial charge on any atom is -0.457 e. The van der Waals surface area contributed by atoms with Crippen molar-refractivity contribution in [3.05, 3.63) is 179 Å². The number of hydrogen-bond acceptors (Lipinski definition) is 4. The van der Waals surface area contributed by atoms with Gasteiger partial charge in [0.05, 0.1) is 11.4 Å². The van der Waals surface area contributed by atoms with Gasteiger partial charge in [-0.15, -0.1) is 0 Å². The van der Waals surface area contributed by atoms with Crippen LogP contribution >= 0.6 is 0 Å². The number of nitrogens with zero attached hydrogens (tertiary/aromatic N) is 2. The maximum atomic E-state index is 9.78. The molecule has 0 aliphatic heterocycles. The SMILES string of the molecule is [2H]C([2H])([2H])c1cnc(-c2cc(Oc3cc(-c4cc(-c5ccc(C6([2H])CCC(C)(C)C(C)(C)C6)cc5C)c(C)cn4)c4oc5cc6c(ccc7ccccc76)cc5c4c3)c(C([2H])([2H])[2H])c(-c3ccccc3)c2)cc1C([2H])([2H])[2H]. The molecule has 1 aliphatic rings. The van der Waals surface area contributed by atoms with Gasteiger partial charge in [0, 0.05) is 48.0 Å². The first-order valence-corrected chi connectivity index (χ1v) is 23.0. The van der Waals surface area contributed by atoms with E-state index in [1.165, 1.54) is 12.1 Å². The Hall–Kier alpha value is -7.04. The molecule has 7 aromatic carbocycles. The second kappa shape index (κ2) is 16.1. The van der Waals surface area contributed by atoms with Gasteiger partial charge < -0.3 is 9.15 Å². The highest BCUT2D eigenvalue weighted by Gasteiger charge is 2.42. The lowest BCUT2D eigenvalue weighted by molar-refractivity contribution is 0.0398. The highest BCUT2D eigenvalue weighted by Crippen LogP contribution is 2.54. The van der Waals surface area contributed by atoms with Crippen LogP contribution in [0.1, 0.15) is 99.9 Å². The maximum Gasteiger partial charge on any atom is 0.145 e. The number of hydrogen-bond donors (Lipinski definition) is 0. The van der Waals surface area contributed by atoms with Crippen LogP contribution in [0.15, 0.2) is 150 Å². The molecule has 67 heavy (non-hydrogen) atoms. The third-order valence-corrected chi connectivity index (χ3v) is 14.9. The van der Waals surface area contributed by atoms with Crippen LogP contribution in [0.3, 0.4) is 0 Å². The van der Waals surface area contributed by atoms with Gasteiger partial charge in [-0.2, -0.15) is 0 Å². The average Bonchev–Trinajstić information content (AvgIpc) is 3.85. The van der Waals surface area contributed by atoms with Crippen LogP contribution < -0.4 is 4.74 Å². The normalized spacial score (nSPS) is 19.6. The number of benzene rings is 7. The van der Waals surface area contributed by atoms with Crippen molar-refractivity contribution in [3.63, 3.8) is 0 Å². The van der Waals surface area contributed by atoms with Crippen LogP contribution in [0, 0.1) is 45.2 Å². The molecule has 3 aromatic heterocycles. The highest BCUT2D eigenvalue weighted by atomic mass is 16.5. The zero-order valence-corrected chi connectivity index (χ0v) is 38.7. The van der Waals surface area contributed by atoms with Gasteiger partial charge in [-0.1, -0.05) is 113 Å². The minimum atomic E-state index is -2.81. The Labute approximate surface area is 408 Å². The van der Waals surface area contributed by atoms with Gasteiger partial charge in [0.1, 0.15) is 22.7 Å². The molecule has 0 spiro atoms. The Balaban J connectivity index is 1.12. The van der Waals surface area contributed by atoms with Crippen LogP contribution in [0.4, 0.5) is 0 Å². The molecule has 1 aliphatic carbocycles. The number of aromatic nitrogens is 2. The van der Waals surface area contributed by atoms with E-state index in [0.717, 1.165) is 80.2 Å². The van der Waals surface area contributed by atoms with Crippen molar-refractivity contribution in [2.75, 3.05) is 0 Å². The van der Waals surface area contributed by atoms with Crippen LogP contribution in [-0.4, -0.2) is 9.97 Å². The molecule has 0 radical (unpaired) electrons. The molecule has 4 nitrogen and oxygen atoms in total. The zero-order chi connectivity index (χ0) is 54.8. The predicted octanol–water partition coefficient (Wildman–Crippen LogP) is 18.0. The van der Waals surface area contributed by atoms with E-state index in [-0.39, 0.29) is 39.1 Å². The maximum absolute atomic E-state index is 9.78. The zero-order valence-electron chi connectivity index (χ0n) is 48.7. The number of furan rings is 1. The Bertz CT molecular complexity index is 4000. The van der Waals surface area contributed by atoms with E-state index in [4.69, 9.17) is 26.5 Å². The van der Waals surface area contributed by atoms with Gasteiger partial charge >= 0.3 is 0 Å². The first-order valence-electron chi connectivity index (χ1n) is 28.0. The third kappa shape index (κ3) is 7.48. The Morgan fingerprint density at radius 2 is 1.37 bits per heavy atom. The van der Waals surface area contributed by atoms with E-state index in [2.05, 4.69) is 100 Å². The van der Waals surface area contributed by atoms with Crippen LogP contribution in [0.5, 0.6) is 11.5 Å². The first kappa shape index (κ1) is 32.6. The summed E-state index contributed by atoms with van der Waals surface area (Å²) in [5, 5.41) is 5.69. The summed E-state index contributed by atoms with van der Waals surface area (Å²) in [6.45, 7) is 5.03. The second-order valence-corrected chi connectivity index (χ2v) is 19.7. The number of rotatable bonds is 7. The predicted molar refractivity (Wildman–Crippen MR) is 280 cm³/mol. The van der Waals surface area contributed by atoms with Crippen molar-refractivity contribution in [1.29, 1.82) is 0 Å². The molecule has 0 saturated heterocycles. The topological polar surface area (TPSA) is 48.2 Å². The molecule has 1 fully saturated rings. The van der Waals surface area contributed by atoms with Gasteiger partial charge in [0.25, 0.3) is 0 Å². The number of ether oxygens (including phenoxy) is 1.